The Morgan fingerprint density at radius 2 is 2.07 bits per heavy atom. The molecule has 0 aliphatic rings. The van der Waals surface area contributed by atoms with Gasteiger partial charge in [-0.15, -0.1) is 0 Å². The van der Waals surface area contributed by atoms with Gasteiger partial charge in [-0.05, 0) is 19.1 Å². The quantitative estimate of drug-likeness (QED) is 0.710. The number of aromatic hydroxyl groups is 1. The number of rotatable bonds is 3. The van der Waals surface area contributed by atoms with Crippen LogP contribution >= 0.6 is 0 Å². The van der Waals surface area contributed by atoms with E-state index in [-0.39, 0.29) is 12.3 Å². The summed E-state index contributed by atoms with van der Waals surface area (Å²) in [6.07, 6.45) is 0. The third-order valence-electron chi connectivity index (χ3n) is 1.75. The second-order valence-electron chi connectivity index (χ2n) is 2.81. The minimum absolute atomic E-state index is 0.110. The summed E-state index contributed by atoms with van der Waals surface area (Å²) in [5, 5.41) is 17.8. The first-order valence-electron chi connectivity index (χ1n) is 4.12. The smallest absolute Gasteiger partial charge is 0.325 e. The number of carboxylic acid groups (broad SMARTS) is 1. The summed E-state index contributed by atoms with van der Waals surface area (Å²) >= 11 is 0. The summed E-state index contributed by atoms with van der Waals surface area (Å²) < 4.78 is 0. The van der Waals surface area contributed by atoms with Crippen LogP contribution in [0.5, 0.6) is 5.75 Å². The molecular formula is C10H11NO3. The molecule has 14 heavy (non-hydrogen) atoms. The number of aliphatic imine (C=N–C) groups is 1. The fourth-order valence-electron chi connectivity index (χ4n) is 1.05. The fraction of sp³-hybridized carbons (Fsp3) is 0.200. The Hall–Kier alpha value is -1.84. The van der Waals surface area contributed by atoms with Crippen molar-refractivity contribution in [3.63, 3.8) is 0 Å². The van der Waals surface area contributed by atoms with Gasteiger partial charge in [-0.1, -0.05) is 12.1 Å². The highest BCUT2D eigenvalue weighted by Gasteiger charge is 2.03. The molecule has 2 N–H and O–H groups in total. The summed E-state index contributed by atoms with van der Waals surface area (Å²) in [5.41, 5.74) is 1.08. The first-order chi connectivity index (χ1) is 6.61. The van der Waals surface area contributed by atoms with E-state index in [1.165, 1.54) is 6.07 Å². The Bertz CT molecular complexity index is 371. The summed E-state index contributed by atoms with van der Waals surface area (Å²) in [4.78, 5) is 14.1. The van der Waals surface area contributed by atoms with E-state index in [0.717, 1.165) is 0 Å². The number of para-hydroxylation sites is 1. The Balaban J connectivity index is 2.89. The summed E-state index contributed by atoms with van der Waals surface area (Å²) in [7, 11) is 0. The molecule has 0 saturated carbocycles. The first kappa shape index (κ1) is 10.2. The molecule has 0 aromatic heterocycles. The van der Waals surface area contributed by atoms with Crippen LogP contribution in [0.2, 0.25) is 0 Å². The maximum atomic E-state index is 10.3. The summed E-state index contributed by atoms with van der Waals surface area (Å²) in [6.45, 7) is 1.39. The highest BCUT2D eigenvalue weighted by Crippen LogP contribution is 2.16. The lowest BCUT2D eigenvalue weighted by atomic mass is 10.1. The summed E-state index contributed by atoms with van der Waals surface area (Å²) in [5.74, 6) is -0.876. The number of aliphatic carboxylic acids is 1. The first-order valence-corrected chi connectivity index (χ1v) is 4.12. The highest BCUT2D eigenvalue weighted by atomic mass is 16.4. The van der Waals surface area contributed by atoms with Crippen molar-refractivity contribution >= 4 is 11.7 Å². The normalized spacial score (nSPS) is 11.4. The lowest BCUT2D eigenvalue weighted by Crippen LogP contribution is -2.03. The molecule has 0 amide bonds. The molecule has 0 radical (unpaired) electrons. The van der Waals surface area contributed by atoms with Crippen molar-refractivity contribution in [3.05, 3.63) is 29.8 Å². The lowest BCUT2D eigenvalue weighted by Gasteiger charge is -2.02. The van der Waals surface area contributed by atoms with Crippen molar-refractivity contribution in [1.82, 2.24) is 0 Å². The molecule has 4 heteroatoms. The molecule has 1 aromatic carbocycles. The molecule has 1 rings (SSSR count). The van der Waals surface area contributed by atoms with Gasteiger partial charge in [0, 0.05) is 11.3 Å². The number of nitrogens with zero attached hydrogens (tertiary/aromatic N) is 1. The number of carbonyl (C=O) groups is 1. The van der Waals surface area contributed by atoms with Crippen LogP contribution in [0.1, 0.15) is 12.5 Å². The molecule has 1 aromatic rings. The van der Waals surface area contributed by atoms with Crippen LogP contribution in [-0.2, 0) is 4.79 Å². The van der Waals surface area contributed by atoms with E-state index < -0.39 is 5.97 Å². The van der Waals surface area contributed by atoms with E-state index in [4.69, 9.17) is 5.11 Å². The third-order valence-corrected chi connectivity index (χ3v) is 1.75. The predicted octanol–water partition coefficient (Wildman–Crippen LogP) is 1.29. The fourth-order valence-corrected chi connectivity index (χ4v) is 1.05. The van der Waals surface area contributed by atoms with E-state index in [1.54, 1.807) is 25.1 Å². The van der Waals surface area contributed by atoms with Crippen LogP contribution in [0.4, 0.5) is 0 Å². The molecular weight excluding hydrogens is 182 g/mol. The van der Waals surface area contributed by atoms with Crippen molar-refractivity contribution in [3.8, 4) is 5.75 Å². The van der Waals surface area contributed by atoms with E-state index in [1.807, 2.05) is 0 Å². The molecule has 74 valence electrons. The number of carboxylic acids is 1. The van der Waals surface area contributed by atoms with Gasteiger partial charge in [0.05, 0.1) is 0 Å². The molecule has 0 atom stereocenters. The van der Waals surface area contributed by atoms with Gasteiger partial charge >= 0.3 is 5.97 Å². The van der Waals surface area contributed by atoms with E-state index >= 15 is 0 Å². The maximum absolute atomic E-state index is 10.3. The topological polar surface area (TPSA) is 69.9 Å². The van der Waals surface area contributed by atoms with Crippen molar-refractivity contribution in [2.24, 2.45) is 4.99 Å². The van der Waals surface area contributed by atoms with Crippen LogP contribution in [0, 0.1) is 0 Å². The van der Waals surface area contributed by atoms with E-state index in [9.17, 15) is 9.90 Å². The van der Waals surface area contributed by atoms with Crippen LogP contribution < -0.4 is 0 Å². The molecule has 4 nitrogen and oxygen atoms in total. The van der Waals surface area contributed by atoms with Gasteiger partial charge in [-0.25, -0.2) is 0 Å². The molecule has 0 heterocycles. The maximum Gasteiger partial charge on any atom is 0.325 e. The SMILES string of the molecule is CC(=NCC(=O)O)c1ccccc1O. The van der Waals surface area contributed by atoms with Gasteiger partial charge in [0.2, 0.25) is 0 Å². The van der Waals surface area contributed by atoms with E-state index in [0.29, 0.717) is 11.3 Å². The number of phenolic OH excluding ortho intramolecular Hbond substituents is 1. The second kappa shape index (κ2) is 4.41. The molecule has 0 unspecified atom stereocenters. The van der Waals surface area contributed by atoms with Gasteiger partial charge < -0.3 is 10.2 Å². The Morgan fingerprint density at radius 3 is 2.64 bits per heavy atom. The molecule has 0 aliphatic heterocycles. The second-order valence-corrected chi connectivity index (χ2v) is 2.81. The van der Waals surface area contributed by atoms with Crippen LogP contribution in [0.3, 0.4) is 0 Å². The Morgan fingerprint density at radius 1 is 1.43 bits per heavy atom. The van der Waals surface area contributed by atoms with Gasteiger partial charge in [0.25, 0.3) is 0 Å². The monoisotopic (exact) mass is 193 g/mol. The van der Waals surface area contributed by atoms with Crippen molar-refractivity contribution in [1.29, 1.82) is 0 Å². The standard InChI is InChI=1S/C10H11NO3/c1-7(11-6-10(13)14)8-4-2-3-5-9(8)12/h2-5,12H,6H2,1H3,(H,13,14). The zero-order valence-electron chi connectivity index (χ0n) is 7.77. The summed E-state index contributed by atoms with van der Waals surface area (Å²) in [6, 6.07) is 6.68. The molecule has 0 fully saturated rings. The number of hydrogen-bond donors (Lipinski definition) is 2. The van der Waals surface area contributed by atoms with Crippen LogP contribution in [-0.4, -0.2) is 28.4 Å². The van der Waals surface area contributed by atoms with Crippen LogP contribution in [0.15, 0.2) is 29.3 Å². The third kappa shape index (κ3) is 2.58. The number of hydrogen-bond acceptors (Lipinski definition) is 3. The number of benzene rings is 1. The zero-order valence-corrected chi connectivity index (χ0v) is 7.77. The average molecular weight is 193 g/mol. The minimum atomic E-state index is -0.986. The van der Waals surface area contributed by atoms with Gasteiger partial charge in [-0.2, -0.15) is 0 Å². The molecule has 0 saturated heterocycles. The van der Waals surface area contributed by atoms with Gasteiger partial charge in [-0.3, -0.25) is 9.79 Å². The van der Waals surface area contributed by atoms with Crippen molar-refractivity contribution in [2.75, 3.05) is 6.54 Å². The highest BCUT2D eigenvalue weighted by molar-refractivity contribution is 6.01. The van der Waals surface area contributed by atoms with E-state index in [2.05, 4.69) is 4.99 Å². The lowest BCUT2D eigenvalue weighted by molar-refractivity contribution is -0.135. The molecule has 0 aliphatic carbocycles. The van der Waals surface area contributed by atoms with Gasteiger partial charge in [0.15, 0.2) is 0 Å². The Labute approximate surface area is 81.5 Å². The predicted molar refractivity (Wildman–Crippen MR) is 52.8 cm³/mol. The number of phenols is 1. The molecule has 0 spiro atoms. The zero-order chi connectivity index (χ0) is 10.6. The van der Waals surface area contributed by atoms with Gasteiger partial charge in [0.1, 0.15) is 12.3 Å². The largest absolute Gasteiger partial charge is 0.507 e. The van der Waals surface area contributed by atoms with Crippen molar-refractivity contribution in [2.45, 2.75) is 6.92 Å². The van der Waals surface area contributed by atoms with Crippen LogP contribution in [0.25, 0.3) is 0 Å². The Kier molecular flexibility index (Phi) is 3.23. The average Bonchev–Trinajstić information content (AvgIpc) is 2.15. The minimum Gasteiger partial charge on any atom is -0.507 e. The van der Waals surface area contributed by atoms with Crippen molar-refractivity contribution < 1.29 is 15.0 Å². The molecule has 0 bridgehead atoms.